The van der Waals surface area contributed by atoms with E-state index in [-0.39, 0.29) is 23.6 Å². The van der Waals surface area contributed by atoms with E-state index in [4.69, 9.17) is 0 Å². The Morgan fingerprint density at radius 3 is 2.83 bits per heavy atom. The van der Waals surface area contributed by atoms with Gasteiger partial charge in [-0.3, -0.25) is 4.79 Å². The molecular formula is C21H27N5O3S. The van der Waals surface area contributed by atoms with Crippen molar-refractivity contribution in [2.45, 2.75) is 66.3 Å². The minimum absolute atomic E-state index is 0.156. The first kappa shape index (κ1) is 22.0. The van der Waals surface area contributed by atoms with E-state index in [2.05, 4.69) is 37.3 Å². The molecule has 0 saturated heterocycles. The summed E-state index contributed by atoms with van der Waals surface area (Å²) in [5.41, 5.74) is 2.61. The molecule has 0 unspecified atom stereocenters. The normalized spacial score (nSPS) is 16.0. The van der Waals surface area contributed by atoms with Crippen LogP contribution in [0.3, 0.4) is 0 Å². The molecule has 1 amide bonds. The Bertz CT molecular complexity index is 1010. The van der Waals surface area contributed by atoms with Gasteiger partial charge in [-0.2, -0.15) is 9.94 Å². The SMILES string of the molecule is Cc1cc([N+](=O)[O-])nn1CCCC(=O)Nc1sc2c(c1C#N)CC[C@@H](C(C)(C)C)C2. The lowest BCUT2D eigenvalue weighted by Gasteiger charge is -2.33. The molecule has 30 heavy (non-hydrogen) atoms. The highest BCUT2D eigenvalue weighted by atomic mass is 32.1. The molecule has 0 aliphatic heterocycles. The molecule has 9 heteroatoms. The van der Waals surface area contributed by atoms with Crippen molar-refractivity contribution in [1.29, 1.82) is 5.26 Å². The van der Waals surface area contributed by atoms with Crippen LogP contribution in [0.2, 0.25) is 0 Å². The fourth-order valence-corrected chi connectivity index (χ4v) is 5.21. The predicted molar refractivity (Wildman–Crippen MR) is 115 cm³/mol. The molecule has 1 atom stereocenters. The minimum atomic E-state index is -0.525. The van der Waals surface area contributed by atoms with Crippen LogP contribution in [0.15, 0.2) is 6.07 Å². The number of nitrogens with one attached hydrogen (secondary N) is 1. The fourth-order valence-electron chi connectivity index (χ4n) is 3.92. The summed E-state index contributed by atoms with van der Waals surface area (Å²) in [5, 5.41) is 27.9. The van der Waals surface area contributed by atoms with Gasteiger partial charge < -0.3 is 15.4 Å². The molecule has 3 rings (SSSR count). The highest BCUT2D eigenvalue weighted by molar-refractivity contribution is 7.16. The summed E-state index contributed by atoms with van der Waals surface area (Å²) in [6, 6.07) is 3.70. The number of nitro groups is 1. The number of fused-ring (bicyclic) bond motifs is 1. The van der Waals surface area contributed by atoms with Crippen molar-refractivity contribution in [2.75, 3.05) is 5.32 Å². The average molecular weight is 430 g/mol. The number of thiophene rings is 1. The van der Waals surface area contributed by atoms with Gasteiger partial charge in [0, 0.05) is 11.3 Å². The van der Waals surface area contributed by atoms with Gasteiger partial charge in [0.15, 0.2) is 0 Å². The second-order valence-corrected chi connectivity index (χ2v) is 10.0. The zero-order valence-electron chi connectivity index (χ0n) is 17.8. The summed E-state index contributed by atoms with van der Waals surface area (Å²) < 4.78 is 1.54. The number of nitrogens with zero attached hydrogens (tertiary/aromatic N) is 4. The number of nitriles is 1. The number of hydrogen-bond donors (Lipinski definition) is 1. The van der Waals surface area contributed by atoms with Crippen LogP contribution in [0.4, 0.5) is 10.8 Å². The number of carbonyl (C=O) groups excluding carboxylic acids is 1. The van der Waals surface area contributed by atoms with Crippen molar-refractivity contribution in [2.24, 2.45) is 11.3 Å². The Labute approximate surface area is 180 Å². The zero-order chi connectivity index (χ0) is 22.1. The summed E-state index contributed by atoms with van der Waals surface area (Å²) in [5.74, 6) is 0.227. The van der Waals surface area contributed by atoms with Crippen LogP contribution < -0.4 is 5.32 Å². The molecule has 0 fully saturated rings. The quantitative estimate of drug-likeness (QED) is 0.532. The van der Waals surface area contributed by atoms with Crippen LogP contribution in [0.25, 0.3) is 0 Å². The van der Waals surface area contributed by atoms with Crippen molar-refractivity contribution >= 4 is 28.1 Å². The standard InChI is InChI=1S/C21H27N5O3S/c1-13-10-18(26(28)29)24-25(13)9-5-6-19(27)23-20-16(12-22)15-8-7-14(21(2,3)4)11-17(15)30-20/h10,14H,5-9,11H2,1-4H3,(H,23,27)/t14-/m1/s1. The molecule has 0 saturated carbocycles. The van der Waals surface area contributed by atoms with Crippen LogP contribution >= 0.6 is 11.3 Å². The predicted octanol–water partition coefficient (Wildman–Crippen LogP) is 4.60. The van der Waals surface area contributed by atoms with Crippen LogP contribution in [-0.2, 0) is 24.2 Å². The monoisotopic (exact) mass is 429 g/mol. The number of hydrogen-bond acceptors (Lipinski definition) is 6. The first-order valence-electron chi connectivity index (χ1n) is 10.1. The lowest BCUT2D eigenvalue weighted by Crippen LogP contribution is -2.26. The maximum Gasteiger partial charge on any atom is 0.390 e. The summed E-state index contributed by atoms with van der Waals surface area (Å²) in [6.45, 7) is 8.92. The summed E-state index contributed by atoms with van der Waals surface area (Å²) in [6.07, 6.45) is 3.65. The zero-order valence-corrected chi connectivity index (χ0v) is 18.6. The highest BCUT2D eigenvalue weighted by Gasteiger charge is 2.32. The Morgan fingerprint density at radius 2 is 2.23 bits per heavy atom. The second kappa shape index (κ2) is 8.56. The van der Waals surface area contributed by atoms with Crippen molar-refractivity contribution in [3.05, 3.63) is 37.9 Å². The summed E-state index contributed by atoms with van der Waals surface area (Å²) in [4.78, 5) is 24.0. The van der Waals surface area contributed by atoms with E-state index < -0.39 is 4.92 Å². The molecule has 160 valence electrons. The van der Waals surface area contributed by atoms with Gasteiger partial charge in [0.25, 0.3) is 0 Å². The second-order valence-electron chi connectivity index (χ2n) is 8.90. The van der Waals surface area contributed by atoms with Gasteiger partial charge in [-0.1, -0.05) is 20.8 Å². The topological polar surface area (TPSA) is 114 Å². The van der Waals surface area contributed by atoms with Gasteiger partial charge in [-0.05, 0) is 54.4 Å². The van der Waals surface area contributed by atoms with E-state index in [1.165, 1.54) is 22.3 Å². The number of amides is 1. The molecule has 0 radical (unpaired) electrons. The number of anilines is 1. The Kier molecular flexibility index (Phi) is 6.27. The van der Waals surface area contributed by atoms with Crippen molar-refractivity contribution < 1.29 is 9.72 Å². The Balaban J connectivity index is 1.61. The highest BCUT2D eigenvalue weighted by Crippen LogP contribution is 2.44. The first-order valence-corrected chi connectivity index (χ1v) is 10.9. The van der Waals surface area contributed by atoms with Crippen molar-refractivity contribution in [3.63, 3.8) is 0 Å². The third kappa shape index (κ3) is 4.70. The van der Waals surface area contributed by atoms with Crippen molar-refractivity contribution in [1.82, 2.24) is 9.78 Å². The lowest BCUT2D eigenvalue weighted by molar-refractivity contribution is -0.389. The maximum absolute atomic E-state index is 12.5. The number of rotatable bonds is 6. The molecule has 0 bridgehead atoms. The maximum atomic E-state index is 12.5. The Morgan fingerprint density at radius 1 is 1.50 bits per heavy atom. The molecule has 2 heterocycles. The first-order chi connectivity index (χ1) is 14.1. The molecule has 2 aromatic rings. The summed E-state index contributed by atoms with van der Waals surface area (Å²) in [7, 11) is 0. The van der Waals surface area contributed by atoms with Crippen LogP contribution in [-0.4, -0.2) is 20.6 Å². The van der Waals surface area contributed by atoms with Crippen LogP contribution in [0.5, 0.6) is 0 Å². The van der Waals surface area contributed by atoms with Crippen LogP contribution in [0, 0.1) is 39.7 Å². The van der Waals surface area contributed by atoms with Gasteiger partial charge in [0.1, 0.15) is 11.1 Å². The van der Waals surface area contributed by atoms with E-state index in [9.17, 15) is 20.2 Å². The number of aromatic nitrogens is 2. The van der Waals surface area contributed by atoms with E-state index in [0.717, 1.165) is 24.8 Å². The molecule has 1 N–H and O–H groups in total. The molecule has 0 aromatic carbocycles. The van der Waals surface area contributed by atoms with Gasteiger partial charge in [0.2, 0.25) is 5.91 Å². The van der Waals surface area contributed by atoms with E-state index in [1.54, 1.807) is 11.6 Å². The van der Waals surface area contributed by atoms with Gasteiger partial charge in [0.05, 0.1) is 29.0 Å². The molecule has 2 aromatic heterocycles. The van der Waals surface area contributed by atoms with Gasteiger partial charge in [-0.25, -0.2) is 0 Å². The Hall–Kier alpha value is -2.73. The minimum Gasteiger partial charge on any atom is -0.358 e. The van der Waals surface area contributed by atoms with E-state index in [0.29, 0.717) is 35.1 Å². The largest absolute Gasteiger partial charge is 0.390 e. The molecule has 8 nitrogen and oxygen atoms in total. The smallest absolute Gasteiger partial charge is 0.358 e. The van der Waals surface area contributed by atoms with Crippen LogP contribution in [0.1, 0.15) is 61.7 Å². The fraction of sp³-hybridized carbons (Fsp3) is 0.571. The molecular weight excluding hydrogens is 402 g/mol. The number of carbonyl (C=O) groups is 1. The average Bonchev–Trinajstić information content (AvgIpc) is 3.20. The molecule has 0 spiro atoms. The lowest BCUT2D eigenvalue weighted by atomic mass is 9.72. The molecule has 1 aliphatic rings. The van der Waals surface area contributed by atoms with Gasteiger partial charge >= 0.3 is 5.82 Å². The van der Waals surface area contributed by atoms with E-state index >= 15 is 0 Å². The van der Waals surface area contributed by atoms with Crippen molar-refractivity contribution in [3.8, 4) is 6.07 Å². The van der Waals surface area contributed by atoms with E-state index in [1.807, 2.05) is 0 Å². The van der Waals surface area contributed by atoms with Gasteiger partial charge in [-0.15, -0.1) is 11.3 Å². The third-order valence-electron chi connectivity index (χ3n) is 5.78. The molecule has 1 aliphatic carbocycles. The third-order valence-corrected chi connectivity index (χ3v) is 6.95. The number of aryl methyl sites for hydroxylation is 2. The summed E-state index contributed by atoms with van der Waals surface area (Å²) >= 11 is 1.53.